The molecule has 0 fully saturated rings. The molecule has 0 bridgehead atoms. The zero-order valence-corrected chi connectivity index (χ0v) is 15.5. The molecule has 22 heavy (non-hydrogen) atoms. The number of hydrogen-bond donors (Lipinski definition) is 0. The van der Waals surface area contributed by atoms with Crippen LogP contribution in [0, 0.1) is 0 Å². The standard InChI is InChI=1S/C13H30N.C8H8/c1-5-6-7-8-9-10-11-12-13-14(2,3)4;1-2-8-6-4-3-5-7-8/h5-13H2,1-4H3;2-7H,1H2/q+1;. The van der Waals surface area contributed by atoms with Gasteiger partial charge in [-0.15, -0.1) is 0 Å². The molecule has 0 saturated heterocycles. The number of quaternary nitrogens is 1. The smallest absolute Gasteiger partial charge is 0.0780 e. The molecule has 1 rings (SSSR count). The highest BCUT2D eigenvalue weighted by molar-refractivity contribution is 5.45. The third-order valence-corrected chi connectivity index (χ3v) is 3.72. The Labute approximate surface area is 139 Å². The first kappa shape index (κ1) is 20.9. The summed E-state index contributed by atoms with van der Waals surface area (Å²) < 4.78 is 1.12. The van der Waals surface area contributed by atoms with Gasteiger partial charge in [0.1, 0.15) is 0 Å². The lowest BCUT2D eigenvalue weighted by molar-refractivity contribution is -0.870. The van der Waals surface area contributed by atoms with Crippen molar-refractivity contribution in [1.82, 2.24) is 0 Å². The molecule has 1 nitrogen and oxygen atoms in total. The van der Waals surface area contributed by atoms with Crippen LogP contribution in [-0.2, 0) is 0 Å². The summed E-state index contributed by atoms with van der Waals surface area (Å²) in [6.45, 7) is 7.24. The van der Waals surface area contributed by atoms with Crippen LogP contribution in [0.4, 0.5) is 0 Å². The molecule has 0 unspecified atom stereocenters. The molecule has 0 heterocycles. The Balaban J connectivity index is 0.000000461. The third-order valence-electron chi connectivity index (χ3n) is 3.72. The van der Waals surface area contributed by atoms with E-state index in [2.05, 4.69) is 34.6 Å². The maximum atomic E-state index is 3.63. The Bertz CT molecular complexity index is 348. The predicted molar refractivity (Wildman–Crippen MR) is 102 cm³/mol. The summed E-state index contributed by atoms with van der Waals surface area (Å²) in [4.78, 5) is 0. The molecule has 126 valence electrons. The summed E-state index contributed by atoms with van der Waals surface area (Å²) in [5, 5.41) is 0. The zero-order valence-electron chi connectivity index (χ0n) is 15.5. The van der Waals surface area contributed by atoms with Crippen LogP contribution in [0.1, 0.15) is 63.9 Å². The van der Waals surface area contributed by atoms with Crippen LogP contribution in [0.3, 0.4) is 0 Å². The second kappa shape index (κ2) is 13.6. The first-order valence-electron chi connectivity index (χ1n) is 8.97. The molecular weight excluding hydrogens is 266 g/mol. The van der Waals surface area contributed by atoms with Crippen molar-refractivity contribution < 1.29 is 4.48 Å². The molecule has 0 aromatic heterocycles. The van der Waals surface area contributed by atoms with Gasteiger partial charge in [-0.1, -0.05) is 88.4 Å². The number of unbranched alkanes of at least 4 members (excludes halogenated alkanes) is 7. The van der Waals surface area contributed by atoms with Crippen LogP contribution in [0.5, 0.6) is 0 Å². The lowest BCUT2D eigenvalue weighted by Gasteiger charge is -2.23. The Morgan fingerprint density at radius 1 is 0.818 bits per heavy atom. The van der Waals surface area contributed by atoms with E-state index < -0.39 is 0 Å². The Morgan fingerprint density at radius 3 is 1.73 bits per heavy atom. The second-order valence-electron chi connectivity index (χ2n) is 7.10. The lowest BCUT2D eigenvalue weighted by atomic mass is 10.1. The van der Waals surface area contributed by atoms with Gasteiger partial charge in [0, 0.05) is 0 Å². The molecule has 0 aliphatic carbocycles. The van der Waals surface area contributed by atoms with E-state index >= 15 is 0 Å². The SMILES string of the molecule is C=Cc1ccccc1.CCCCCCCCCC[N+](C)(C)C. The van der Waals surface area contributed by atoms with Crippen molar-refractivity contribution in [3.05, 3.63) is 42.5 Å². The minimum atomic E-state index is 1.12. The van der Waals surface area contributed by atoms with Gasteiger partial charge in [0.2, 0.25) is 0 Å². The van der Waals surface area contributed by atoms with Crippen LogP contribution in [0.2, 0.25) is 0 Å². The van der Waals surface area contributed by atoms with Crippen LogP contribution in [0.15, 0.2) is 36.9 Å². The van der Waals surface area contributed by atoms with Crippen molar-refractivity contribution in [2.75, 3.05) is 27.7 Å². The van der Waals surface area contributed by atoms with Gasteiger partial charge in [-0.2, -0.15) is 0 Å². The van der Waals surface area contributed by atoms with Gasteiger partial charge in [0.05, 0.1) is 27.7 Å². The summed E-state index contributed by atoms with van der Waals surface area (Å²) in [7, 11) is 6.84. The highest BCUT2D eigenvalue weighted by atomic mass is 15.3. The fraction of sp³-hybridized carbons (Fsp3) is 0.619. The van der Waals surface area contributed by atoms with Gasteiger partial charge in [0.15, 0.2) is 0 Å². The van der Waals surface area contributed by atoms with Crippen LogP contribution < -0.4 is 0 Å². The van der Waals surface area contributed by atoms with Gasteiger partial charge in [-0.25, -0.2) is 0 Å². The quantitative estimate of drug-likeness (QED) is 0.358. The van der Waals surface area contributed by atoms with E-state index in [9.17, 15) is 0 Å². The summed E-state index contributed by atoms with van der Waals surface area (Å²) in [6, 6.07) is 10.0. The third kappa shape index (κ3) is 15.3. The van der Waals surface area contributed by atoms with Crippen molar-refractivity contribution in [2.24, 2.45) is 0 Å². The Hall–Kier alpha value is -1.08. The maximum Gasteiger partial charge on any atom is 0.0780 e. The van der Waals surface area contributed by atoms with Gasteiger partial charge in [0.25, 0.3) is 0 Å². The molecule has 1 aromatic rings. The predicted octanol–water partition coefficient (Wildman–Crippen LogP) is 6.16. The van der Waals surface area contributed by atoms with Crippen molar-refractivity contribution >= 4 is 6.08 Å². The second-order valence-corrected chi connectivity index (χ2v) is 7.10. The van der Waals surface area contributed by atoms with Gasteiger partial charge < -0.3 is 4.48 Å². The van der Waals surface area contributed by atoms with E-state index in [1.165, 1.54) is 63.5 Å². The van der Waals surface area contributed by atoms with E-state index in [0.717, 1.165) is 4.48 Å². The molecule has 0 spiro atoms. The highest BCUT2D eigenvalue weighted by Gasteiger charge is 2.04. The van der Waals surface area contributed by atoms with E-state index in [4.69, 9.17) is 0 Å². The molecule has 0 N–H and O–H groups in total. The van der Waals surface area contributed by atoms with Crippen LogP contribution >= 0.6 is 0 Å². The van der Waals surface area contributed by atoms with Gasteiger partial charge >= 0.3 is 0 Å². The molecule has 1 heteroatoms. The summed E-state index contributed by atoms with van der Waals surface area (Å²) >= 11 is 0. The van der Waals surface area contributed by atoms with Crippen LogP contribution in [-0.4, -0.2) is 32.2 Å². The molecule has 0 amide bonds. The zero-order chi connectivity index (χ0) is 16.7. The molecule has 0 atom stereocenters. The van der Waals surface area contributed by atoms with E-state index in [-0.39, 0.29) is 0 Å². The summed E-state index contributed by atoms with van der Waals surface area (Å²) in [6.07, 6.45) is 13.3. The van der Waals surface area contributed by atoms with Crippen LogP contribution in [0.25, 0.3) is 6.08 Å². The normalized spacial score (nSPS) is 10.7. The first-order chi connectivity index (χ1) is 10.5. The van der Waals surface area contributed by atoms with Crippen molar-refractivity contribution in [1.29, 1.82) is 0 Å². The Kier molecular flexibility index (Phi) is 12.9. The van der Waals surface area contributed by atoms with Crippen molar-refractivity contribution in [2.45, 2.75) is 58.3 Å². The maximum absolute atomic E-state index is 3.63. The molecule has 0 aliphatic heterocycles. The largest absolute Gasteiger partial charge is 0.331 e. The number of rotatable bonds is 10. The first-order valence-corrected chi connectivity index (χ1v) is 8.97. The van der Waals surface area contributed by atoms with Crippen molar-refractivity contribution in [3.63, 3.8) is 0 Å². The monoisotopic (exact) mass is 304 g/mol. The molecule has 1 aromatic carbocycles. The van der Waals surface area contributed by atoms with E-state index in [0.29, 0.717) is 0 Å². The van der Waals surface area contributed by atoms with E-state index in [1.807, 2.05) is 36.4 Å². The lowest BCUT2D eigenvalue weighted by Crippen LogP contribution is -2.35. The molecule has 0 aliphatic rings. The van der Waals surface area contributed by atoms with Crippen molar-refractivity contribution in [3.8, 4) is 0 Å². The molecule has 0 saturated carbocycles. The topological polar surface area (TPSA) is 0 Å². The highest BCUT2D eigenvalue weighted by Crippen LogP contribution is 2.09. The Morgan fingerprint density at radius 2 is 1.32 bits per heavy atom. The average molecular weight is 305 g/mol. The summed E-state index contributed by atoms with van der Waals surface area (Å²) in [5.74, 6) is 0. The number of benzene rings is 1. The summed E-state index contributed by atoms with van der Waals surface area (Å²) in [5.41, 5.74) is 1.17. The minimum absolute atomic E-state index is 1.12. The van der Waals surface area contributed by atoms with Gasteiger partial charge in [-0.3, -0.25) is 0 Å². The minimum Gasteiger partial charge on any atom is -0.331 e. The molecule has 0 radical (unpaired) electrons. The fourth-order valence-electron chi connectivity index (χ4n) is 2.31. The average Bonchev–Trinajstić information content (AvgIpc) is 2.50. The van der Waals surface area contributed by atoms with Gasteiger partial charge in [-0.05, 0) is 18.4 Å². The fourth-order valence-corrected chi connectivity index (χ4v) is 2.31. The molecular formula is C21H38N+. The van der Waals surface area contributed by atoms with E-state index in [1.54, 1.807) is 0 Å². The number of hydrogen-bond acceptors (Lipinski definition) is 0. The number of nitrogens with zero attached hydrogens (tertiary/aromatic N) is 1.